The third kappa shape index (κ3) is 4.41. The summed E-state index contributed by atoms with van der Waals surface area (Å²) in [5, 5.41) is 9.66. The third-order valence-electron chi connectivity index (χ3n) is 5.93. The van der Waals surface area contributed by atoms with Crippen molar-refractivity contribution in [1.82, 2.24) is 9.55 Å². The molecular formula is C25H27N3O. The molecule has 1 aliphatic rings. The number of nitrogens with zero attached hydrogens (tertiary/aromatic N) is 3. The molecule has 2 aromatic carbocycles. The first-order chi connectivity index (χ1) is 14.3. The van der Waals surface area contributed by atoms with Gasteiger partial charge in [0.25, 0.3) is 0 Å². The molecule has 1 fully saturated rings. The van der Waals surface area contributed by atoms with Crippen LogP contribution in [0.25, 0.3) is 0 Å². The summed E-state index contributed by atoms with van der Waals surface area (Å²) in [5.41, 5.74) is 5.22. The number of benzene rings is 2. The molecule has 1 aliphatic carbocycles. The Morgan fingerprint density at radius 2 is 1.93 bits per heavy atom. The topological polar surface area (TPSA) is 50.8 Å². The van der Waals surface area contributed by atoms with Crippen LogP contribution >= 0.6 is 0 Å². The minimum Gasteiger partial charge on any atom is -0.363 e. The van der Waals surface area contributed by atoms with Crippen molar-refractivity contribution < 1.29 is 4.74 Å². The molecule has 0 amide bonds. The lowest BCUT2D eigenvalue weighted by molar-refractivity contribution is 0.0621. The summed E-state index contributed by atoms with van der Waals surface area (Å²) in [6, 6.07) is 18.8. The fourth-order valence-electron chi connectivity index (χ4n) is 4.32. The quantitative estimate of drug-likeness (QED) is 0.551. The van der Waals surface area contributed by atoms with Crippen LogP contribution in [0.3, 0.4) is 0 Å². The van der Waals surface area contributed by atoms with E-state index in [0.717, 1.165) is 22.4 Å². The Kier molecular flexibility index (Phi) is 6.07. The Bertz CT molecular complexity index is 981. The average Bonchev–Trinajstić information content (AvgIpc) is 3.21. The molecule has 0 bridgehead atoms. The maximum absolute atomic E-state index is 9.66. The first-order valence-corrected chi connectivity index (χ1v) is 10.4. The number of nitriles is 1. The SMILES string of the molecule is Cn1cncc1C(OCc1ccccc1)c1ccc(C#N)c(C2CCCCC2)c1. The average molecular weight is 386 g/mol. The maximum Gasteiger partial charge on any atom is 0.124 e. The van der Waals surface area contributed by atoms with E-state index >= 15 is 0 Å². The molecule has 148 valence electrons. The predicted molar refractivity (Wildman–Crippen MR) is 113 cm³/mol. The molecule has 4 nitrogen and oxygen atoms in total. The van der Waals surface area contributed by atoms with Crippen molar-refractivity contribution in [3.8, 4) is 6.07 Å². The molecule has 1 heterocycles. The number of rotatable bonds is 6. The van der Waals surface area contributed by atoms with E-state index in [4.69, 9.17) is 4.74 Å². The molecule has 4 rings (SSSR count). The minimum atomic E-state index is -0.224. The molecule has 0 radical (unpaired) electrons. The Morgan fingerprint density at radius 3 is 2.62 bits per heavy atom. The fraction of sp³-hybridized carbons (Fsp3) is 0.360. The van der Waals surface area contributed by atoms with Gasteiger partial charge in [-0.2, -0.15) is 5.26 Å². The summed E-state index contributed by atoms with van der Waals surface area (Å²) in [5.74, 6) is 0.472. The second kappa shape index (κ2) is 9.07. The fourth-order valence-corrected chi connectivity index (χ4v) is 4.32. The first kappa shape index (κ1) is 19.4. The van der Waals surface area contributed by atoms with Gasteiger partial charge in [-0.1, -0.05) is 61.7 Å². The zero-order valence-electron chi connectivity index (χ0n) is 16.9. The van der Waals surface area contributed by atoms with Crippen LogP contribution in [0.4, 0.5) is 0 Å². The van der Waals surface area contributed by atoms with Gasteiger partial charge in [0.05, 0.1) is 36.5 Å². The summed E-state index contributed by atoms with van der Waals surface area (Å²) in [6.07, 6.45) is 9.57. The van der Waals surface area contributed by atoms with Crippen molar-refractivity contribution in [2.45, 2.75) is 50.7 Å². The summed E-state index contributed by atoms with van der Waals surface area (Å²) < 4.78 is 8.42. The van der Waals surface area contributed by atoms with E-state index in [1.165, 1.54) is 37.7 Å². The third-order valence-corrected chi connectivity index (χ3v) is 5.93. The molecule has 1 atom stereocenters. The highest BCUT2D eigenvalue weighted by Gasteiger charge is 2.23. The minimum absolute atomic E-state index is 0.224. The monoisotopic (exact) mass is 385 g/mol. The van der Waals surface area contributed by atoms with Crippen molar-refractivity contribution in [3.63, 3.8) is 0 Å². The number of aromatic nitrogens is 2. The van der Waals surface area contributed by atoms with Crippen LogP contribution in [-0.4, -0.2) is 9.55 Å². The van der Waals surface area contributed by atoms with Crippen LogP contribution in [0.1, 0.15) is 72.1 Å². The van der Waals surface area contributed by atoms with Crippen molar-refractivity contribution in [3.05, 3.63) is 89.0 Å². The highest BCUT2D eigenvalue weighted by atomic mass is 16.5. The van der Waals surface area contributed by atoms with Gasteiger partial charge in [0.2, 0.25) is 0 Å². The highest BCUT2D eigenvalue weighted by Crippen LogP contribution is 2.37. The van der Waals surface area contributed by atoms with Crippen LogP contribution < -0.4 is 0 Å². The van der Waals surface area contributed by atoms with E-state index in [0.29, 0.717) is 12.5 Å². The van der Waals surface area contributed by atoms with Crippen molar-refractivity contribution in [1.29, 1.82) is 5.26 Å². The zero-order chi connectivity index (χ0) is 20.1. The predicted octanol–water partition coefficient (Wildman–Crippen LogP) is 5.65. The largest absolute Gasteiger partial charge is 0.363 e. The van der Waals surface area contributed by atoms with Gasteiger partial charge >= 0.3 is 0 Å². The van der Waals surface area contributed by atoms with E-state index in [2.05, 4.69) is 29.3 Å². The first-order valence-electron chi connectivity index (χ1n) is 10.4. The zero-order valence-corrected chi connectivity index (χ0v) is 16.9. The van der Waals surface area contributed by atoms with Gasteiger partial charge in [0.15, 0.2) is 0 Å². The second-order valence-electron chi connectivity index (χ2n) is 7.90. The smallest absolute Gasteiger partial charge is 0.124 e. The van der Waals surface area contributed by atoms with Gasteiger partial charge in [-0.3, -0.25) is 0 Å². The lowest BCUT2D eigenvalue weighted by Gasteiger charge is -2.25. The van der Waals surface area contributed by atoms with Gasteiger partial charge in [0.1, 0.15) is 6.10 Å². The van der Waals surface area contributed by atoms with E-state index in [-0.39, 0.29) is 6.10 Å². The van der Waals surface area contributed by atoms with Crippen molar-refractivity contribution >= 4 is 0 Å². The van der Waals surface area contributed by atoms with E-state index < -0.39 is 0 Å². The lowest BCUT2D eigenvalue weighted by atomic mass is 9.81. The Hall–Kier alpha value is -2.90. The summed E-state index contributed by atoms with van der Waals surface area (Å²) in [7, 11) is 1.99. The molecule has 0 saturated heterocycles. The van der Waals surface area contributed by atoms with E-state index in [1.807, 2.05) is 48.1 Å². The number of hydrogen-bond acceptors (Lipinski definition) is 3. The number of hydrogen-bond donors (Lipinski definition) is 0. The normalized spacial score (nSPS) is 15.7. The number of aryl methyl sites for hydroxylation is 1. The molecule has 1 aromatic heterocycles. The lowest BCUT2D eigenvalue weighted by Crippen LogP contribution is -2.13. The molecule has 3 aromatic rings. The Balaban J connectivity index is 1.68. The Labute approximate surface area is 172 Å². The summed E-state index contributed by atoms with van der Waals surface area (Å²) in [4.78, 5) is 4.30. The van der Waals surface area contributed by atoms with Crippen LogP contribution in [-0.2, 0) is 18.4 Å². The molecule has 4 heteroatoms. The number of imidazole rings is 1. The van der Waals surface area contributed by atoms with Crippen LogP contribution in [0.2, 0.25) is 0 Å². The van der Waals surface area contributed by atoms with E-state index in [9.17, 15) is 5.26 Å². The summed E-state index contributed by atoms with van der Waals surface area (Å²) in [6.45, 7) is 0.523. The van der Waals surface area contributed by atoms with E-state index in [1.54, 1.807) is 6.33 Å². The van der Waals surface area contributed by atoms with Gasteiger partial charge in [0, 0.05) is 7.05 Å². The van der Waals surface area contributed by atoms with Crippen molar-refractivity contribution in [2.24, 2.45) is 7.05 Å². The van der Waals surface area contributed by atoms with Gasteiger partial charge in [-0.25, -0.2) is 4.98 Å². The molecular weight excluding hydrogens is 358 g/mol. The van der Waals surface area contributed by atoms with Crippen LogP contribution in [0, 0.1) is 11.3 Å². The molecule has 1 unspecified atom stereocenters. The highest BCUT2D eigenvalue weighted by molar-refractivity contribution is 5.44. The molecule has 1 saturated carbocycles. The van der Waals surface area contributed by atoms with Crippen LogP contribution in [0.5, 0.6) is 0 Å². The number of ether oxygens (including phenoxy) is 1. The maximum atomic E-state index is 9.66. The van der Waals surface area contributed by atoms with Gasteiger partial charge in [-0.05, 0) is 41.5 Å². The molecule has 0 spiro atoms. The molecule has 29 heavy (non-hydrogen) atoms. The second-order valence-corrected chi connectivity index (χ2v) is 7.90. The summed E-state index contributed by atoms with van der Waals surface area (Å²) >= 11 is 0. The Morgan fingerprint density at radius 1 is 1.14 bits per heavy atom. The molecule has 0 aliphatic heterocycles. The standard InChI is InChI=1S/C25H27N3O/c1-28-18-27-16-24(28)25(29-17-19-8-4-2-5-9-19)21-12-13-22(15-26)23(14-21)20-10-6-3-7-11-20/h2,4-5,8-9,12-14,16,18,20,25H,3,6-7,10-11,17H2,1H3. The molecule has 0 N–H and O–H groups in total. The van der Waals surface area contributed by atoms with Crippen LogP contribution in [0.15, 0.2) is 61.1 Å². The van der Waals surface area contributed by atoms with Crippen molar-refractivity contribution in [2.75, 3.05) is 0 Å². The van der Waals surface area contributed by atoms with Gasteiger partial charge < -0.3 is 9.30 Å². The van der Waals surface area contributed by atoms with Gasteiger partial charge in [-0.15, -0.1) is 0 Å².